The quantitative estimate of drug-likeness (QED) is 0.178. The third-order valence-corrected chi connectivity index (χ3v) is 7.93. The van der Waals surface area contributed by atoms with Crippen molar-refractivity contribution >= 4 is 30.3 Å². The molecule has 0 aliphatic heterocycles. The first-order valence-corrected chi connectivity index (χ1v) is 17.5. The maximum absolute atomic E-state index is 14.0. The van der Waals surface area contributed by atoms with Crippen LogP contribution in [-0.4, -0.2) is 69.6 Å². The number of carbonyl (C=O) groups excluding carboxylic acids is 4. The van der Waals surface area contributed by atoms with E-state index in [-0.39, 0.29) is 6.54 Å². The number of ether oxygens (including phenoxy) is 5. The topological polar surface area (TPSA) is 133 Å². The second-order valence-electron chi connectivity index (χ2n) is 14.6. The van der Waals surface area contributed by atoms with Gasteiger partial charge in [-0.1, -0.05) is 12.1 Å². The minimum Gasteiger partial charge on any atom is -0.497 e. The molecule has 0 fully saturated rings. The standard InChI is InChI=1S/C35H49IN3O9/c1-32(2,3)45-28(40)37-27(39(30(42)47-34(7,8)9)31(43)48-35(10,11)12)38(29(41)46-33(4,5)6)22-23-15-14-16-25(21-23)36-24-17-19-26(44-13)20-18-24/h14-21H,22H2,1-13H3/q+1. The van der Waals surface area contributed by atoms with Crippen LogP contribution in [0, 0.1) is 7.14 Å². The Morgan fingerprint density at radius 3 is 1.58 bits per heavy atom. The molecule has 2 rings (SSSR count). The Bertz CT molecular complexity index is 1450. The Hall–Kier alpha value is -3.88. The van der Waals surface area contributed by atoms with Gasteiger partial charge in [-0.05, 0) is 125 Å². The van der Waals surface area contributed by atoms with E-state index in [1.54, 1.807) is 96.3 Å². The largest absolute Gasteiger partial charge is 0.497 e. The number of guanidine groups is 1. The Morgan fingerprint density at radius 1 is 0.646 bits per heavy atom. The number of carbonyl (C=O) groups is 4. The van der Waals surface area contributed by atoms with E-state index in [4.69, 9.17) is 23.7 Å². The van der Waals surface area contributed by atoms with E-state index in [1.807, 2.05) is 42.5 Å². The lowest BCUT2D eigenvalue weighted by Crippen LogP contribution is -3.61. The van der Waals surface area contributed by atoms with Crippen molar-refractivity contribution < 1.29 is 64.1 Å². The second-order valence-corrected chi connectivity index (χ2v) is 17.7. The minimum atomic E-state index is -1.23. The van der Waals surface area contributed by atoms with Gasteiger partial charge in [-0.2, -0.15) is 0 Å². The van der Waals surface area contributed by atoms with Gasteiger partial charge in [-0.15, -0.1) is 9.89 Å². The van der Waals surface area contributed by atoms with Crippen LogP contribution in [0.4, 0.5) is 19.2 Å². The van der Waals surface area contributed by atoms with E-state index in [0.717, 1.165) is 17.8 Å². The number of hydrogen-bond acceptors (Lipinski definition) is 9. The summed E-state index contributed by atoms with van der Waals surface area (Å²) in [4.78, 5) is 60.1. The summed E-state index contributed by atoms with van der Waals surface area (Å²) in [5, 5.41) is 0. The molecule has 0 heterocycles. The fraction of sp³-hybridized carbons (Fsp3) is 0.514. The smallest absolute Gasteiger partial charge is 0.437 e. The van der Waals surface area contributed by atoms with Crippen molar-refractivity contribution in [3.8, 4) is 5.75 Å². The van der Waals surface area contributed by atoms with Crippen LogP contribution in [0.3, 0.4) is 0 Å². The Balaban J connectivity index is 2.78. The summed E-state index contributed by atoms with van der Waals surface area (Å²) in [6.07, 6.45) is -4.61. The summed E-state index contributed by atoms with van der Waals surface area (Å²) in [6, 6.07) is 15.3. The zero-order valence-electron chi connectivity index (χ0n) is 30.2. The van der Waals surface area contributed by atoms with Gasteiger partial charge in [0.15, 0.2) is 7.14 Å². The molecule has 0 saturated carbocycles. The Morgan fingerprint density at radius 2 is 1.12 bits per heavy atom. The van der Waals surface area contributed by atoms with Gasteiger partial charge >= 0.3 is 45.6 Å². The summed E-state index contributed by atoms with van der Waals surface area (Å²) >= 11 is -0.636. The third kappa shape index (κ3) is 14.5. The van der Waals surface area contributed by atoms with Crippen LogP contribution in [0.15, 0.2) is 53.5 Å². The lowest BCUT2D eigenvalue weighted by atomic mass is 10.2. The fourth-order valence-corrected chi connectivity index (χ4v) is 6.00. The Labute approximate surface area is 294 Å². The van der Waals surface area contributed by atoms with Crippen molar-refractivity contribution in [2.75, 3.05) is 7.11 Å². The summed E-state index contributed by atoms with van der Waals surface area (Å²) in [6.45, 7) is 19.2. The van der Waals surface area contributed by atoms with Crippen molar-refractivity contribution in [3.63, 3.8) is 0 Å². The van der Waals surface area contributed by atoms with E-state index < -0.39 is 73.9 Å². The van der Waals surface area contributed by atoms with Crippen LogP contribution in [0.5, 0.6) is 5.75 Å². The molecule has 48 heavy (non-hydrogen) atoms. The Kier molecular flexibility index (Phi) is 13.4. The van der Waals surface area contributed by atoms with Crippen LogP contribution >= 0.6 is 0 Å². The molecular formula is C35H49IN3O9+. The zero-order valence-corrected chi connectivity index (χ0v) is 32.4. The second kappa shape index (κ2) is 16.0. The molecule has 0 unspecified atom stereocenters. The molecule has 264 valence electrons. The minimum absolute atomic E-state index is 0.251. The van der Waals surface area contributed by atoms with Gasteiger partial charge in [-0.25, -0.2) is 24.1 Å². The molecule has 2 aromatic carbocycles. The molecule has 0 aliphatic rings. The molecule has 0 spiro atoms. The first kappa shape index (κ1) is 40.3. The predicted molar refractivity (Wildman–Crippen MR) is 177 cm³/mol. The number of nitrogens with zero attached hydrogens (tertiary/aromatic N) is 3. The highest BCUT2D eigenvalue weighted by Gasteiger charge is 2.41. The predicted octanol–water partition coefficient (Wildman–Crippen LogP) is 5.02. The number of imide groups is 1. The van der Waals surface area contributed by atoms with E-state index in [1.165, 1.54) is 0 Å². The first-order chi connectivity index (χ1) is 21.9. The fourth-order valence-electron chi connectivity index (χ4n) is 3.62. The molecule has 0 atom stereocenters. The SMILES string of the molecule is COc1ccc([I+]c2cccc(CN(C(=O)OC(C)(C)C)C(=NC(=O)OC(C)(C)C)N(C(=O)OC(C)(C)C)C(=O)OC(C)(C)C)c2)cc1. The number of amides is 4. The normalized spacial score (nSPS) is 12.5. The molecule has 0 aliphatic carbocycles. The lowest BCUT2D eigenvalue weighted by molar-refractivity contribution is -0.597. The zero-order chi connectivity index (χ0) is 36.7. The van der Waals surface area contributed by atoms with Gasteiger partial charge in [0.2, 0.25) is 5.96 Å². The van der Waals surface area contributed by atoms with Crippen molar-refractivity contribution in [1.29, 1.82) is 0 Å². The molecule has 0 bridgehead atoms. The van der Waals surface area contributed by atoms with Gasteiger partial charge in [0, 0.05) is 0 Å². The van der Waals surface area contributed by atoms with Gasteiger partial charge in [0.05, 0.1) is 13.7 Å². The molecule has 0 aromatic heterocycles. The molecule has 12 nitrogen and oxygen atoms in total. The number of hydrogen-bond donors (Lipinski definition) is 0. The van der Waals surface area contributed by atoms with Gasteiger partial charge in [0.25, 0.3) is 0 Å². The summed E-state index contributed by atoms with van der Waals surface area (Å²) in [5.41, 5.74) is -3.55. The van der Waals surface area contributed by atoms with Crippen LogP contribution in [0.1, 0.15) is 88.6 Å². The molecule has 4 amide bonds. The third-order valence-electron chi connectivity index (χ3n) is 5.29. The van der Waals surface area contributed by atoms with Crippen molar-refractivity contribution in [3.05, 3.63) is 61.2 Å². The summed E-state index contributed by atoms with van der Waals surface area (Å²) in [5.74, 6) is 0.0399. The number of aliphatic imine (C=N–C) groups is 1. The summed E-state index contributed by atoms with van der Waals surface area (Å²) < 4.78 is 29.7. The van der Waals surface area contributed by atoms with Crippen molar-refractivity contribution in [2.45, 2.75) is 112 Å². The highest BCUT2D eigenvalue weighted by atomic mass is 127. The summed E-state index contributed by atoms with van der Waals surface area (Å²) in [7, 11) is 1.61. The molecule has 0 N–H and O–H groups in total. The highest BCUT2D eigenvalue weighted by molar-refractivity contribution is 6.13. The number of halogens is 1. The van der Waals surface area contributed by atoms with Crippen LogP contribution < -0.4 is 25.9 Å². The number of benzene rings is 2. The van der Waals surface area contributed by atoms with Crippen LogP contribution in [-0.2, 0) is 25.5 Å². The van der Waals surface area contributed by atoms with E-state index >= 15 is 0 Å². The van der Waals surface area contributed by atoms with E-state index in [2.05, 4.69) is 4.99 Å². The van der Waals surface area contributed by atoms with Crippen LogP contribution in [0.25, 0.3) is 0 Å². The number of rotatable bonds is 5. The van der Waals surface area contributed by atoms with E-state index in [9.17, 15) is 19.2 Å². The van der Waals surface area contributed by atoms with Crippen molar-refractivity contribution in [1.82, 2.24) is 9.80 Å². The van der Waals surface area contributed by atoms with Crippen LogP contribution in [0.2, 0.25) is 0 Å². The maximum atomic E-state index is 14.0. The first-order valence-electron chi connectivity index (χ1n) is 15.3. The van der Waals surface area contributed by atoms with Crippen molar-refractivity contribution in [2.24, 2.45) is 4.99 Å². The van der Waals surface area contributed by atoms with Gasteiger partial charge < -0.3 is 23.7 Å². The molecule has 0 radical (unpaired) electrons. The maximum Gasteiger partial charge on any atom is 0.437 e. The van der Waals surface area contributed by atoms with Gasteiger partial charge in [-0.3, -0.25) is 0 Å². The molecule has 0 saturated heterocycles. The van der Waals surface area contributed by atoms with Gasteiger partial charge in [0.1, 0.15) is 28.2 Å². The monoisotopic (exact) mass is 782 g/mol. The lowest BCUT2D eigenvalue weighted by Gasteiger charge is -2.33. The molecule has 2 aromatic rings. The molecular weight excluding hydrogens is 733 g/mol. The highest BCUT2D eigenvalue weighted by Crippen LogP contribution is 2.21. The number of methoxy groups -OCH3 is 1. The average Bonchev–Trinajstić information content (AvgIpc) is 2.88. The molecule has 13 heteroatoms. The average molecular weight is 783 g/mol. The van der Waals surface area contributed by atoms with E-state index in [0.29, 0.717) is 10.5 Å².